The Kier molecular flexibility index (Phi) is 5.71. The van der Waals surface area contributed by atoms with Crippen LogP contribution in [0.2, 0.25) is 0 Å². The molecule has 0 radical (unpaired) electrons. The third kappa shape index (κ3) is 4.51. The summed E-state index contributed by atoms with van der Waals surface area (Å²) in [6.45, 7) is 6.31. The zero-order valence-electron chi connectivity index (χ0n) is 16.0. The highest BCUT2D eigenvalue weighted by Crippen LogP contribution is 2.21. The van der Waals surface area contributed by atoms with Gasteiger partial charge in [-0.1, -0.05) is 12.1 Å². The van der Waals surface area contributed by atoms with E-state index in [0.717, 1.165) is 6.07 Å². The van der Waals surface area contributed by atoms with E-state index in [9.17, 15) is 17.6 Å². The molecule has 1 N–H and O–H groups in total. The van der Waals surface area contributed by atoms with E-state index in [1.165, 1.54) is 18.2 Å². The van der Waals surface area contributed by atoms with Crippen LogP contribution in [0, 0.1) is 12.7 Å². The molecular weight excluding hydrogens is 383 g/mol. The number of ether oxygens (including phenoxy) is 1. The molecule has 1 aliphatic heterocycles. The maximum atomic E-state index is 13.7. The molecule has 150 valence electrons. The number of nitrogens with zero attached hydrogens (tertiary/aromatic N) is 1. The Labute approximate surface area is 164 Å². The highest BCUT2D eigenvalue weighted by Gasteiger charge is 2.27. The Morgan fingerprint density at radius 3 is 2.46 bits per heavy atom. The second-order valence-corrected chi connectivity index (χ2v) is 8.75. The van der Waals surface area contributed by atoms with E-state index >= 15 is 0 Å². The lowest BCUT2D eigenvalue weighted by Gasteiger charge is -2.35. The van der Waals surface area contributed by atoms with Crippen LogP contribution < -0.4 is 4.72 Å². The lowest BCUT2D eigenvalue weighted by atomic mass is 10.1. The fourth-order valence-electron chi connectivity index (χ4n) is 3.20. The number of benzene rings is 2. The molecule has 0 saturated carbocycles. The van der Waals surface area contributed by atoms with Gasteiger partial charge >= 0.3 is 0 Å². The fraction of sp³-hybridized carbons (Fsp3) is 0.350. The average molecular weight is 406 g/mol. The number of sulfonamides is 1. The number of halogens is 1. The van der Waals surface area contributed by atoms with Gasteiger partial charge in [0, 0.05) is 24.3 Å². The van der Waals surface area contributed by atoms with E-state index in [1.807, 2.05) is 13.8 Å². The third-order valence-electron chi connectivity index (χ3n) is 4.52. The molecule has 8 heteroatoms. The lowest BCUT2D eigenvalue weighted by molar-refractivity contribution is -0.0586. The van der Waals surface area contributed by atoms with Crippen molar-refractivity contribution in [3.05, 3.63) is 59.4 Å². The average Bonchev–Trinajstić information content (AvgIpc) is 2.62. The number of hydrogen-bond acceptors (Lipinski definition) is 4. The van der Waals surface area contributed by atoms with Gasteiger partial charge in [0.1, 0.15) is 5.82 Å². The number of amides is 1. The van der Waals surface area contributed by atoms with Crippen molar-refractivity contribution in [2.45, 2.75) is 37.9 Å². The smallest absolute Gasteiger partial charge is 0.261 e. The molecule has 0 aromatic heterocycles. The molecule has 2 aromatic carbocycles. The van der Waals surface area contributed by atoms with Crippen molar-refractivity contribution in [1.82, 2.24) is 4.90 Å². The lowest BCUT2D eigenvalue weighted by Crippen LogP contribution is -2.48. The predicted octanol–water partition coefficient (Wildman–Crippen LogP) is 3.18. The number of anilines is 1. The molecule has 3 rings (SSSR count). The molecule has 0 aliphatic carbocycles. The van der Waals surface area contributed by atoms with Crippen LogP contribution in [0.25, 0.3) is 0 Å². The van der Waals surface area contributed by atoms with Crippen LogP contribution in [0.5, 0.6) is 0 Å². The van der Waals surface area contributed by atoms with Crippen molar-refractivity contribution in [3.63, 3.8) is 0 Å². The van der Waals surface area contributed by atoms with Gasteiger partial charge in [-0.05, 0) is 56.7 Å². The van der Waals surface area contributed by atoms with Gasteiger partial charge in [-0.3, -0.25) is 9.52 Å². The molecule has 1 amide bonds. The summed E-state index contributed by atoms with van der Waals surface area (Å²) in [6.07, 6.45) is -0.128. The fourth-order valence-corrected chi connectivity index (χ4v) is 4.26. The highest BCUT2D eigenvalue weighted by molar-refractivity contribution is 7.92. The largest absolute Gasteiger partial charge is 0.372 e. The second-order valence-electron chi connectivity index (χ2n) is 7.06. The monoisotopic (exact) mass is 406 g/mol. The Morgan fingerprint density at radius 2 is 1.82 bits per heavy atom. The van der Waals surface area contributed by atoms with E-state index in [-0.39, 0.29) is 28.7 Å². The summed E-state index contributed by atoms with van der Waals surface area (Å²) in [5.41, 5.74) is 0.971. The van der Waals surface area contributed by atoms with Crippen LogP contribution in [0.15, 0.2) is 47.4 Å². The topological polar surface area (TPSA) is 75.7 Å². The minimum Gasteiger partial charge on any atom is -0.372 e. The number of nitrogens with one attached hydrogen (secondary N) is 1. The summed E-state index contributed by atoms with van der Waals surface area (Å²) in [5, 5.41) is 0. The van der Waals surface area contributed by atoms with Crippen LogP contribution in [0.1, 0.15) is 29.8 Å². The summed E-state index contributed by atoms with van der Waals surface area (Å²) in [7, 11) is -3.97. The summed E-state index contributed by atoms with van der Waals surface area (Å²) in [5.74, 6) is -0.785. The van der Waals surface area contributed by atoms with Gasteiger partial charge in [0.15, 0.2) is 0 Å². The third-order valence-corrected chi connectivity index (χ3v) is 5.90. The maximum Gasteiger partial charge on any atom is 0.261 e. The van der Waals surface area contributed by atoms with E-state index in [1.54, 1.807) is 30.0 Å². The molecule has 28 heavy (non-hydrogen) atoms. The summed E-state index contributed by atoms with van der Waals surface area (Å²) >= 11 is 0. The normalized spacial score (nSPS) is 20.1. The molecule has 0 bridgehead atoms. The Hall–Kier alpha value is -2.45. The molecule has 1 saturated heterocycles. The number of morpholine rings is 1. The molecule has 1 aliphatic rings. The zero-order chi connectivity index (χ0) is 20.5. The number of aryl methyl sites for hydroxylation is 1. The molecule has 1 heterocycles. The van der Waals surface area contributed by atoms with E-state index in [0.29, 0.717) is 24.2 Å². The van der Waals surface area contributed by atoms with Crippen molar-refractivity contribution in [3.8, 4) is 0 Å². The molecule has 2 aromatic rings. The highest BCUT2D eigenvalue weighted by atomic mass is 32.2. The van der Waals surface area contributed by atoms with Crippen molar-refractivity contribution in [2.24, 2.45) is 0 Å². The minimum atomic E-state index is -3.97. The Morgan fingerprint density at radius 1 is 1.14 bits per heavy atom. The molecule has 6 nitrogen and oxygen atoms in total. The van der Waals surface area contributed by atoms with Gasteiger partial charge in [-0.25, -0.2) is 12.8 Å². The van der Waals surface area contributed by atoms with Crippen molar-refractivity contribution >= 4 is 21.6 Å². The zero-order valence-corrected chi connectivity index (χ0v) is 16.8. The minimum absolute atomic E-state index is 0.0641. The van der Waals surface area contributed by atoms with Crippen molar-refractivity contribution < 1.29 is 22.3 Å². The predicted molar refractivity (Wildman–Crippen MR) is 104 cm³/mol. The van der Waals surface area contributed by atoms with Gasteiger partial charge in [0.25, 0.3) is 15.9 Å². The molecule has 2 atom stereocenters. The van der Waals surface area contributed by atoms with Gasteiger partial charge in [-0.15, -0.1) is 0 Å². The molecular formula is C20H23FN2O4S. The standard InChI is InChI=1S/C20H23FN2O4S/c1-13-7-8-18(10-19(13)21)28(25,26)22-17-6-4-5-16(9-17)20(24)23-11-14(2)27-15(3)12-23/h4-10,14-15,22H,11-12H2,1-3H3/t14-,15-/m0/s1. The summed E-state index contributed by atoms with van der Waals surface area (Å²) in [4.78, 5) is 14.3. The van der Waals surface area contributed by atoms with E-state index in [2.05, 4.69) is 4.72 Å². The van der Waals surface area contributed by atoms with Crippen molar-refractivity contribution in [1.29, 1.82) is 0 Å². The summed E-state index contributed by atoms with van der Waals surface area (Å²) < 4.78 is 46.9. The van der Waals surface area contributed by atoms with Gasteiger partial charge in [0.05, 0.1) is 17.1 Å². The second kappa shape index (κ2) is 7.89. The van der Waals surface area contributed by atoms with E-state index < -0.39 is 15.8 Å². The van der Waals surface area contributed by atoms with Crippen LogP contribution in [0.3, 0.4) is 0 Å². The first kappa shape index (κ1) is 20.3. The Balaban J connectivity index is 1.81. The van der Waals surface area contributed by atoms with Crippen molar-refractivity contribution in [2.75, 3.05) is 17.8 Å². The first-order valence-corrected chi connectivity index (χ1v) is 10.5. The number of carbonyl (C=O) groups excluding carboxylic acids is 1. The number of hydrogen-bond donors (Lipinski definition) is 1. The number of rotatable bonds is 4. The SMILES string of the molecule is Cc1ccc(S(=O)(=O)Nc2cccc(C(=O)N3C[C@H](C)O[C@@H](C)C3)c2)cc1F. The van der Waals surface area contributed by atoms with Gasteiger partial charge in [0.2, 0.25) is 0 Å². The molecule has 1 fully saturated rings. The Bertz CT molecular complexity index is 983. The maximum absolute atomic E-state index is 13.7. The first-order chi connectivity index (χ1) is 13.2. The van der Waals surface area contributed by atoms with Gasteiger partial charge < -0.3 is 9.64 Å². The summed E-state index contributed by atoms with van der Waals surface area (Å²) in [6, 6.07) is 9.99. The van der Waals surface area contributed by atoms with Crippen LogP contribution in [-0.2, 0) is 14.8 Å². The van der Waals surface area contributed by atoms with Crippen LogP contribution >= 0.6 is 0 Å². The van der Waals surface area contributed by atoms with Crippen LogP contribution in [0.4, 0.5) is 10.1 Å². The van der Waals surface area contributed by atoms with E-state index in [4.69, 9.17) is 4.74 Å². The number of carbonyl (C=O) groups is 1. The van der Waals surface area contributed by atoms with Gasteiger partial charge in [-0.2, -0.15) is 0 Å². The first-order valence-electron chi connectivity index (χ1n) is 8.99. The molecule has 0 spiro atoms. The quantitative estimate of drug-likeness (QED) is 0.846. The van der Waals surface area contributed by atoms with Crippen LogP contribution in [-0.4, -0.2) is 44.5 Å². The molecule has 0 unspecified atom stereocenters.